The molecule has 3 rings (SSSR count). The average molecular weight is 390 g/mol. The first-order chi connectivity index (χ1) is 11.1. The van der Waals surface area contributed by atoms with Gasteiger partial charge in [-0.2, -0.15) is 0 Å². The molecule has 0 unspecified atom stereocenters. The predicted molar refractivity (Wildman–Crippen MR) is 92.5 cm³/mol. The van der Waals surface area contributed by atoms with Crippen LogP contribution in [0.4, 0.5) is 0 Å². The van der Waals surface area contributed by atoms with Gasteiger partial charge in [-0.25, -0.2) is 9.78 Å². The lowest BCUT2D eigenvalue weighted by atomic mass is 10.1. The fourth-order valence-corrected chi connectivity index (χ4v) is 2.96. The number of thioether (sulfide) groups is 1. The maximum atomic E-state index is 10.8. The molecule has 0 aliphatic carbocycles. The number of nitrogens with zero attached hydrogens (tertiary/aromatic N) is 2. The van der Waals surface area contributed by atoms with E-state index in [1.165, 1.54) is 11.8 Å². The molecular formula is C16H12BrN3O2S. The highest BCUT2D eigenvalue weighted by atomic mass is 79.9. The van der Waals surface area contributed by atoms with E-state index >= 15 is 0 Å². The number of aromatic carboxylic acids is 1. The molecule has 2 N–H and O–H groups in total. The van der Waals surface area contributed by atoms with Gasteiger partial charge in [0.05, 0.1) is 5.56 Å². The number of benzene rings is 2. The zero-order valence-electron chi connectivity index (χ0n) is 11.9. The number of hydrogen-bond donors (Lipinski definition) is 2. The summed E-state index contributed by atoms with van der Waals surface area (Å²) in [7, 11) is 0. The Balaban J connectivity index is 1.65. The average Bonchev–Trinajstić information content (AvgIpc) is 3.03. The van der Waals surface area contributed by atoms with Gasteiger partial charge in [0.2, 0.25) is 5.16 Å². The molecule has 0 radical (unpaired) electrons. The third-order valence-electron chi connectivity index (χ3n) is 3.15. The monoisotopic (exact) mass is 389 g/mol. The van der Waals surface area contributed by atoms with Crippen LogP contribution in [0.15, 0.2) is 58.2 Å². The Bertz CT molecular complexity index is 816. The number of aromatic nitrogens is 3. The number of carboxylic acid groups (broad SMARTS) is 1. The Kier molecular flexibility index (Phi) is 4.78. The van der Waals surface area contributed by atoms with Crippen molar-refractivity contribution in [1.82, 2.24) is 15.2 Å². The van der Waals surface area contributed by atoms with Gasteiger partial charge in [0.25, 0.3) is 0 Å². The fourth-order valence-electron chi connectivity index (χ4n) is 1.94. The second-order valence-electron chi connectivity index (χ2n) is 4.76. The van der Waals surface area contributed by atoms with Crippen LogP contribution in [0.5, 0.6) is 0 Å². The second kappa shape index (κ2) is 6.97. The van der Waals surface area contributed by atoms with Crippen LogP contribution in [-0.2, 0) is 5.75 Å². The molecule has 3 aromatic rings. The largest absolute Gasteiger partial charge is 0.478 e. The summed E-state index contributed by atoms with van der Waals surface area (Å²) in [5.74, 6) is 0.482. The molecule has 0 amide bonds. The standard InChI is InChI=1S/C16H12BrN3O2S/c17-13-7-5-11(6-8-13)14-18-16(20-19-14)23-9-10-1-3-12(4-2-10)15(21)22/h1-8H,9H2,(H,21,22)(H,18,19,20). The number of aromatic amines is 1. The van der Waals surface area contributed by atoms with E-state index in [0.717, 1.165) is 21.4 Å². The van der Waals surface area contributed by atoms with Crippen LogP contribution in [0.3, 0.4) is 0 Å². The van der Waals surface area contributed by atoms with Crippen molar-refractivity contribution >= 4 is 33.7 Å². The SMILES string of the molecule is O=C(O)c1ccc(CSc2n[nH]c(-c3ccc(Br)cc3)n2)cc1. The number of hydrogen-bond acceptors (Lipinski definition) is 4. The van der Waals surface area contributed by atoms with Crippen LogP contribution >= 0.6 is 27.7 Å². The van der Waals surface area contributed by atoms with E-state index in [1.54, 1.807) is 24.3 Å². The number of halogens is 1. The number of H-pyrrole nitrogens is 1. The Labute approximate surface area is 145 Å². The van der Waals surface area contributed by atoms with Crippen molar-refractivity contribution in [3.63, 3.8) is 0 Å². The van der Waals surface area contributed by atoms with Crippen LogP contribution in [-0.4, -0.2) is 26.3 Å². The highest BCUT2D eigenvalue weighted by Crippen LogP contribution is 2.23. The van der Waals surface area contributed by atoms with Crippen LogP contribution in [0.1, 0.15) is 15.9 Å². The first-order valence-electron chi connectivity index (χ1n) is 6.75. The van der Waals surface area contributed by atoms with Crippen molar-refractivity contribution in [1.29, 1.82) is 0 Å². The van der Waals surface area contributed by atoms with Gasteiger partial charge in [-0.15, -0.1) is 5.10 Å². The topological polar surface area (TPSA) is 78.9 Å². The molecular weight excluding hydrogens is 378 g/mol. The number of nitrogens with one attached hydrogen (secondary N) is 1. The van der Waals surface area contributed by atoms with Gasteiger partial charge in [0.1, 0.15) is 0 Å². The van der Waals surface area contributed by atoms with E-state index in [4.69, 9.17) is 5.11 Å². The van der Waals surface area contributed by atoms with E-state index in [2.05, 4.69) is 31.1 Å². The van der Waals surface area contributed by atoms with Crippen molar-refractivity contribution in [2.75, 3.05) is 0 Å². The molecule has 1 aromatic heterocycles. The van der Waals surface area contributed by atoms with E-state index in [0.29, 0.717) is 10.9 Å². The normalized spacial score (nSPS) is 10.7. The van der Waals surface area contributed by atoms with Gasteiger partial charge in [-0.3, -0.25) is 5.10 Å². The second-order valence-corrected chi connectivity index (χ2v) is 6.62. The van der Waals surface area contributed by atoms with Crippen molar-refractivity contribution in [2.45, 2.75) is 10.9 Å². The van der Waals surface area contributed by atoms with E-state index < -0.39 is 5.97 Å². The molecule has 0 saturated carbocycles. The molecule has 0 aliphatic heterocycles. The van der Waals surface area contributed by atoms with E-state index in [1.807, 2.05) is 24.3 Å². The first kappa shape index (κ1) is 15.8. The lowest BCUT2D eigenvalue weighted by molar-refractivity contribution is 0.0697. The van der Waals surface area contributed by atoms with Crippen LogP contribution in [0, 0.1) is 0 Å². The van der Waals surface area contributed by atoms with Crippen LogP contribution < -0.4 is 0 Å². The number of carbonyl (C=O) groups is 1. The number of carboxylic acids is 1. The highest BCUT2D eigenvalue weighted by Gasteiger charge is 2.07. The summed E-state index contributed by atoms with van der Waals surface area (Å²) in [6, 6.07) is 14.6. The van der Waals surface area contributed by atoms with Crippen LogP contribution in [0.25, 0.3) is 11.4 Å². The Morgan fingerprint density at radius 1 is 1.13 bits per heavy atom. The van der Waals surface area contributed by atoms with Gasteiger partial charge < -0.3 is 5.11 Å². The molecule has 2 aromatic carbocycles. The van der Waals surface area contributed by atoms with E-state index in [-0.39, 0.29) is 5.56 Å². The number of rotatable bonds is 5. The summed E-state index contributed by atoms with van der Waals surface area (Å²) >= 11 is 4.90. The van der Waals surface area contributed by atoms with E-state index in [9.17, 15) is 4.79 Å². The summed E-state index contributed by atoms with van der Waals surface area (Å²) in [5.41, 5.74) is 2.28. The van der Waals surface area contributed by atoms with Crippen molar-refractivity contribution < 1.29 is 9.90 Å². The fraction of sp³-hybridized carbons (Fsp3) is 0.0625. The summed E-state index contributed by atoms with van der Waals surface area (Å²) in [6.07, 6.45) is 0. The zero-order valence-corrected chi connectivity index (χ0v) is 14.3. The molecule has 23 heavy (non-hydrogen) atoms. The zero-order chi connectivity index (χ0) is 16.2. The van der Waals surface area contributed by atoms with Gasteiger partial charge in [-0.05, 0) is 29.8 Å². The maximum absolute atomic E-state index is 10.8. The molecule has 5 nitrogen and oxygen atoms in total. The highest BCUT2D eigenvalue weighted by molar-refractivity contribution is 9.10. The molecule has 0 bridgehead atoms. The summed E-state index contributed by atoms with van der Waals surface area (Å²) in [5, 5.41) is 16.7. The van der Waals surface area contributed by atoms with Crippen LogP contribution in [0.2, 0.25) is 0 Å². The first-order valence-corrected chi connectivity index (χ1v) is 8.53. The van der Waals surface area contributed by atoms with Gasteiger partial charge in [0.15, 0.2) is 5.82 Å². The third kappa shape index (κ3) is 4.00. The smallest absolute Gasteiger partial charge is 0.335 e. The lowest BCUT2D eigenvalue weighted by Gasteiger charge is -1.99. The Morgan fingerprint density at radius 3 is 2.48 bits per heavy atom. The van der Waals surface area contributed by atoms with Gasteiger partial charge in [-0.1, -0.05) is 52.0 Å². The summed E-state index contributed by atoms with van der Waals surface area (Å²) in [4.78, 5) is 15.3. The molecule has 116 valence electrons. The maximum Gasteiger partial charge on any atom is 0.335 e. The molecule has 1 heterocycles. The minimum atomic E-state index is -0.919. The van der Waals surface area contributed by atoms with Gasteiger partial charge >= 0.3 is 5.97 Å². The Morgan fingerprint density at radius 2 is 1.83 bits per heavy atom. The van der Waals surface area contributed by atoms with Gasteiger partial charge in [0, 0.05) is 15.8 Å². The third-order valence-corrected chi connectivity index (χ3v) is 4.60. The summed E-state index contributed by atoms with van der Waals surface area (Å²) < 4.78 is 1.01. The van der Waals surface area contributed by atoms with Crippen molar-refractivity contribution in [3.8, 4) is 11.4 Å². The molecule has 0 aliphatic rings. The lowest BCUT2D eigenvalue weighted by Crippen LogP contribution is -1.95. The molecule has 0 saturated heterocycles. The van der Waals surface area contributed by atoms with Crippen molar-refractivity contribution in [2.24, 2.45) is 0 Å². The molecule has 0 fully saturated rings. The predicted octanol–water partition coefficient (Wildman–Crippen LogP) is 4.22. The minimum Gasteiger partial charge on any atom is -0.478 e. The minimum absolute atomic E-state index is 0.286. The summed E-state index contributed by atoms with van der Waals surface area (Å²) in [6.45, 7) is 0. The molecule has 0 spiro atoms. The molecule has 0 atom stereocenters. The Hall–Kier alpha value is -2.12. The van der Waals surface area contributed by atoms with Crippen molar-refractivity contribution in [3.05, 3.63) is 64.1 Å². The quantitative estimate of drug-likeness (QED) is 0.638. The molecule has 7 heteroatoms.